The molecular weight excluding hydrogens is 344 g/mol. The summed E-state index contributed by atoms with van der Waals surface area (Å²) >= 11 is 1.83. The molecule has 2 aromatic heterocycles. The SMILES string of the molecule is COc1ccc([C@@H](CNc2ncnc3sc4c(c23)CCC4)N(C)C)cc1. The second-order valence-electron chi connectivity index (χ2n) is 6.89. The van der Waals surface area contributed by atoms with Crippen LogP contribution in [0.5, 0.6) is 5.75 Å². The lowest BCUT2D eigenvalue weighted by molar-refractivity contribution is 0.311. The normalized spacial score (nSPS) is 14.6. The van der Waals surface area contributed by atoms with Crippen molar-refractivity contribution in [3.8, 4) is 5.75 Å². The van der Waals surface area contributed by atoms with Gasteiger partial charge in [0.1, 0.15) is 22.7 Å². The van der Waals surface area contributed by atoms with Gasteiger partial charge in [0.15, 0.2) is 0 Å². The van der Waals surface area contributed by atoms with Gasteiger partial charge in [-0.2, -0.15) is 0 Å². The van der Waals surface area contributed by atoms with Crippen molar-refractivity contribution < 1.29 is 4.74 Å². The van der Waals surface area contributed by atoms with Crippen molar-refractivity contribution in [1.82, 2.24) is 14.9 Å². The summed E-state index contributed by atoms with van der Waals surface area (Å²) in [4.78, 5) is 13.9. The second-order valence-corrected chi connectivity index (χ2v) is 7.98. The Morgan fingerprint density at radius 1 is 1.19 bits per heavy atom. The van der Waals surface area contributed by atoms with Gasteiger partial charge in [-0.1, -0.05) is 12.1 Å². The molecule has 0 saturated heterocycles. The highest BCUT2D eigenvalue weighted by Gasteiger charge is 2.22. The number of hydrogen-bond donors (Lipinski definition) is 1. The highest BCUT2D eigenvalue weighted by molar-refractivity contribution is 7.19. The molecule has 2 heterocycles. The summed E-state index contributed by atoms with van der Waals surface area (Å²) in [6.45, 7) is 0.788. The van der Waals surface area contributed by atoms with E-state index in [0.29, 0.717) is 0 Å². The molecule has 1 aliphatic carbocycles. The first kappa shape index (κ1) is 17.2. The van der Waals surface area contributed by atoms with Gasteiger partial charge < -0.3 is 15.0 Å². The Balaban J connectivity index is 1.59. The number of aromatic nitrogens is 2. The van der Waals surface area contributed by atoms with Gasteiger partial charge in [-0.15, -0.1) is 11.3 Å². The minimum atomic E-state index is 0.248. The Morgan fingerprint density at radius 3 is 2.73 bits per heavy atom. The lowest BCUT2D eigenvalue weighted by Crippen LogP contribution is -2.27. The fourth-order valence-corrected chi connectivity index (χ4v) is 4.91. The predicted molar refractivity (Wildman–Crippen MR) is 107 cm³/mol. The molecule has 1 aromatic carbocycles. The molecule has 4 rings (SSSR count). The maximum Gasteiger partial charge on any atom is 0.138 e. The summed E-state index contributed by atoms with van der Waals surface area (Å²) in [5.74, 6) is 1.85. The highest BCUT2D eigenvalue weighted by atomic mass is 32.1. The van der Waals surface area contributed by atoms with Crippen LogP contribution in [0.3, 0.4) is 0 Å². The lowest BCUT2D eigenvalue weighted by atomic mass is 10.1. The van der Waals surface area contributed by atoms with Crippen LogP contribution in [-0.2, 0) is 12.8 Å². The van der Waals surface area contributed by atoms with Crippen molar-refractivity contribution in [2.45, 2.75) is 25.3 Å². The van der Waals surface area contributed by atoms with E-state index < -0.39 is 0 Å². The quantitative estimate of drug-likeness (QED) is 0.715. The van der Waals surface area contributed by atoms with E-state index in [1.54, 1.807) is 13.4 Å². The topological polar surface area (TPSA) is 50.3 Å². The minimum Gasteiger partial charge on any atom is -0.497 e. The van der Waals surface area contributed by atoms with Crippen LogP contribution in [0.15, 0.2) is 30.6 Å². The molecule has 0 fully saturated rings. The molecule has 26 heavy (non-hydrogen) atoms. The van der Waals surface area contributed by atoms with E-state index in [0.717, 1.165) is 29.4 Å². The number of thiophene rings is 1. The third kappa shape index (κ3) is 3.15. The van der Waals surface area contributed by atoms with E-state index in [1.165, 1.54) is 34.2 Å². The molecule has 3 aromatic rings. The van der Waals surface area contributed by atoms with Crippen LogP contribution in [0.2, 0.25) is 0 Å². The molecule has 0 saturated carbocycles. The van der Waals surface area contributed by atoms with Crippen molar-refractivity contribution in [3.63, 3.8) is 0 Å². The monoisotopic (exact) mass is 368 g/mol. The molecule has 136 valence electrons. The second kappa shape index (κ2) is 7.21. The van der Waals surface area contributed by atoms with Gasteiger partial charge in [0.05, 0.1) is 18.5 Å². The van der Waals surface area contributed by atoms with Crippen molar-refractivity contribution in [1.29, 1.82) is 0 Å². The van der Waals surface area contributed by atoms with Crippen LogP contribution in [0.1, 0.15) is 28.5 Å². The summed E-state index contributed by atoms with van der Waals surface area (Å²) in [6, 6.07) is 8.53. The number of aryl methyl sites for hydroxylation is 2. The van der Waals surface area contributed by atoms with Crippen molar-refractivity contribution in [3.05, 3.63) is 46.6 Å². The molecule has 0 unspecified atom stereocenters. The van der Waals surface area contributed by atoms with Crippen molar-refractivity contribution >= 4 is 27.4 Å². The summed E-state index contributed by atoms with van der Waals surface area (Å²) in [5, 5.41) is 4.83. The molecule has 6 heteroatoms. The van der Waals surface area contributed by atoms with Gasteiger partial charge >= 0.3 is 0 Å². The Kier molecular flexibility index (Phi) is 4.78. The number of rotatable bonds is 6. The number of hydrogen-bond acceptors (Lipinski definition) is 6. The van der Waals surface area contributed by atoms with Crippen LogP contribution < -0.4 is 10.1 Å². The fraction of sp³-hybridized carbons (Fsp3) is 0.400. The first-order valence-electron chi connectivity index (χ1n) is 8.97. The maximum absolute atomic E-state index is 5.28. The molecule has 0 amide bonds. The van der Waals surface area contributed by atoms with Gasteiger partial charge in [0, 0.05) is 11.4 Å². The van der Waals surface area contributed by atoms with Crippen LogP contribution in [-0.4, -0.2) is 42.6 Å². The first-order valence-corrected chi connectivity index (χ1v) is 9.78. The smallest absolute Gasteiger partial charge is 0.138 e. The number of benzene rings is 1. The summed E-state index contributed by atoms with van der Waals surface area (Å²) in [5.41, 5.74) is 2.71. The standard InChI is InChI=1S/C20H24N4OS/c1-24(2)16(13-7-9-14(25-3)10-8-13)11-21-19-18-15-5-4-6-17(15)26-20(18)23-12-22-19/h7-10,12,16H,4-6,11H2,1-3H3,(H,21,22,23)/t16-/m1/s1. The van der Waals surface area contributed by atoms with Gasteiger partial charge in [0.25, 0.3) is 0 Å². The van der Waals surface area contributed by atoms with E-state index in [9.17, 15) is 0 Å². The fourth-order valence-electron chi connectivity index (χ4n) is 3.68. The summed E-state index contributed by atoms with van der Waals surface area (Å²) < 4.78 is 5.28. The molecule has 0 bridgehead atoms. The third-order valence-corrected chi connectivity index (χ3v) is 6.29. The number of nitrogens with one attached hydrogen (secondary N) is 1. The van der Waals surface area contributed by atoms with Crippen LogP contribution >= 0.6 is 11.3 Å². The number of anilines is 1. The minimum absolute atomic E-state index is 0.248. The molecule has 1 N–H and O–H groups in total. The van der Waals surface area contributed by atoms with Gasteiger partial charge in [-0.3, -0.25) is 0 Å². The van der Waals surface area contributed by atoms with E-state index in [2.05, 4.69) is 46.4 Å². The third-order valence-electron chi connectivity index (χ3n) is 5.09. The largest absolute Gasteiger partial charge is 0.497 e. The molecule has 0 spiro atoms. The van der Waals surface area contributed by atoms with Gasteiger partial charge in [-0.05, 0) is 56.6 Å². The zero-order valence-electron chi connectivity index (χ0n) is 15.5. The van der Waals surface area contributed by atoms with Crippen LogP contribution in [0.4, 0.5) is 5.82 Å². The Bertz CT molecular complexity index is 904. The lowest BCUT2D eigenvalue weighted by Gasteiger charge is -2.25. The zero-order chi connectivity index (χ0) is 18.1. The molecule has 0 radical (unpaired) electrons. The first-order chi connectivity index (χ1) is 12.7. The van der Waals surface area contributed by atoms with Crippen molar-refractivity contribution in [2.75, 3.05) is 33.1 Å². The Morgan fingerprint density at radius 2 is 2.00 bits per heavy atom. The number of likely N-dealkylation sites (N-methyl/N-ethyl adjacent to an activating group) is 1. The van der Waals surface area contributed by atoms with Crippen LogP contribution in [0, 0.1) is 0 Å². The van der Waals surface area contributed by atoms with Crippen LogP contribution in [0.25, 0.3) is 10.2 Å². The van der Waals surface area contributed by atoms with E-state index in [4.69, 9.17) is 4.74 Å². The van der Waals surface area contributed by atoms with E-state index >= 15 is 0 Å². The summed E-state index contributed by atoms with van der Waals surface area (Å²) in [6.07, 6.45) is 5.25. The number of ether oxygens (including phenoxy) is 1. The van der Waals surface area contributed by atoms with E-state index in [1.807, 2.05) is 23.5 Å². The Labute approximate surface area is 158 Å². The number of nitrogens with zero attached hydrogens (tertiary/aromatic N) is 3. The number of methoxy groups -OCH3 is 1. The zero-order valence-corrected chi connectivity index (χ0v) is 16.3. The average Bonchev–Trinajstić information content (AvgIpc) is 3.23. The number of fused-ring (bicyclic) bond motifs is 3. The molecule has 0 aliphatic heterocycles. The van der Waals surface area contributed by atoms with Gasteiger partial charge in [0.2, 0.25) is 0 Å². The molecule has 1 aliphatic rings. The predicted octanol–water partition coefficient (Wildman–Crippen LogP) is 3.90. The van der Waals surface area contributed by atoms with Crippen molar-refractivity contribution in [2.24, 2.45) is 0 Å². The molecule has 1 atom stereocenters. The molecule has 5 nitrogen and oxygen atoms in total. The van der Waals surface area contributed by atoms with E-state index in [-0.39, 0.29) is 6.04 Å². The van der Waals surface area contributed by atoms with Gasteiger partial charge in [-0.25, -0.2) is 9.97 Å². The molecular formula is C20H24N4OS. The average molecular weight is 369 g/mol. The highest BCUT2D eigenvalue weighted by Crippen LogP contribution is 2.39. The summed E-state index contributed by atoms with van der Waals surface area (Å²) in [7, 11) is 5.91. The maximum atomic E-state index is 5.28. The Hall–Kier alpha value is -2.18.